The summed E-state index contributed by atoms with van der Waals surface area (Å²) in [6, 6.07) is 3.44. The first-order valence-electron chi connectivity index (χ1n) is 10.1. The lowest BCUT2D eigenvalue weighted by molar-refractivity contribution is 0.137. The van der Waals surface area contributed by atoms with Gasteiger partial charge in [-0.15, -0.1) is 35.3 Å². The third kappa shape index (κ3) is 8.68. The number of thiophene rings is 1. The van der Waals surface area contributed by atoms with E-state index in [0.29, 0.717) is 23.3 Å². The van der Waals surface area contributed by atoms with Crippen molar-refractivity contribution in [2.24, 2.45) is 10.4 Å². The largest absolute Gasteiger partial charge is 0.396 e. The summed E-state index contributed by atoms with van der Waals surface area (Å²) in [4.78, 5) is 5.70. The second kappa shape index (κ2) is 13.1. The number of hydrogen-bond acceptors (Lipinski definition) is 5. The fourth-order valence-electron chi connectivity index (χ4n) is 3.61. The molecule has 0 unspecified atom stereocenters. The molecule has 0 spiro atoms. The van der Waals surface area contributed by atoms with E-state index in [1.807, 2.05) is 13.8 Å². The van der Waals surface area contributed by atoms with Gasteiger partial charge in [-0.05, 0) is 50.7 Å². The zero-order valence-electron chi connectivity index (χ0n) is 17.4. The maximum Gasteiger partial charge on any atom is 0.250 e. The molecule has 2 rings (SSSR count). The van der Waals surface area contributed by atoms with Crippen LogP contribution in [0.1, 0.15) is 50.3 Å². The number of halogens is 1. The summed E-state index contributed by atoms with van der Waals surface area (Å²) in [5.74, 6) is 0.691. The van der Waals surface area contributed by atoms with Gasteiger partial charge in [0, 0.05) is 37.7 Å². The average molecular weight is 559 g/mol. The predicted octanol–water partition coefficient (Wildman–Crippen LogP) is 2.84. The highest BCUT2D eigenvalue weighted by Crippen LogP contribution is 2.39. The molecule has 1 saturated carbocycles. The molecule has 168 valence electrons. The Hall–Kier alpha value is -0.430. The number of sulfonamides is 1. The van der Waals surface area contributed by atoms with Crippen LogP contribution in [-0.2, 0) is 10.0 Å². The number of hydrogen-bond donors (Lipinski definition) is 4. The Morgan fingerprint density at radius 2 is 1.93 bits per heavy atom. The highest BCUT2D eigenvalue weighted by Gasteiger charge is 2.31. The molecule has 1 heterocycles. The lowest BCUT2D eigenvalue weighted by Crippen LogP contribution is -2.42. The number of rotatable bonds is 10. The molecule has 1 fully saturated rings. The van der Waals surface area contributed by atoms with Gasteiger partial charge in [0.05, 0.1) is 0 Å². The zero-order chi connectivity index (χ0) is 20.5. The third-order valence-electron chi connectivity index (χ3n) is 5.16. The van der Waals surface area contributed by atoms with Crippen LogP contribution in [0.3, 0.4) is 0 Å². The summed E-state index contributed by atoms with van der Waals surface area (Å²) in [6.45, 7) is 6.24. The lowest BCUT2D eigenvalue weighted by Gasteiger charge is -2.35. The van der Waals surface area contributed by atoms with Crippen LogP contribution in [0.5, 0.6) is 0 Å². The molecule has 0 aliphatic heterocycles. The van der Waals surface area contributed by atoms with Crippen molar-refractivity contribution in [3.05, 3.63) is 17.0 Å². The van der Waals surface area contributed by atoms with Crippen molar-refractivity contribution < 1.29 is 13.5 Å². The van der Waals surface area contributed by atoms with Crippen LogP contribution in [-0.4, -0.2) is 52.3 Å². The molecule has 10 heteroatoms. The normalized spacial score (nSPS) is 16.9. The number of aliphatic hydroxyl groups is 1. The van der Waals surface area contributed by atoms with Gasteiger partial charge >= 0.3 is 0 Å². The molecule has 1 aliphatic rings. The molecule has 0 amide bonds. The number of aryl methyl sites for hydroxylation is 1. The Balaban J connectivity index is 0.00000420. The van der Waals surface area contributed by atoms with Crippen molar-refractivity contribution in [2.75, 3.05) is 32.8 Å². The van der Waals surface area contributed by atoms with Gasteiger partial charge in [-0.3, -0.25) is 4.99 Å². The molecule has 0 radical (unpaired) electrons. The van der Waals surface area contributed by atoms with Gasteiger partial charge in [0.15, 0.2) is 5.96 Å². The Kier molecular flexibility index (Phi) is 12.0. The third-order valence-corrected chi connectivity index (χ3v) is 8.12. The van der Waals surface area contributed by atoms with Crippen LogP contribution in [0.25, 0.3) is 0 Å². The average Bonchev–Trinajstić information content (AvgIpc) is 3.12. The SMILES string of the molecule is CCNC(=NCC1(CCO)CCCCC1)NCCNS(=O)(=O)c1ccc(C)s1.I. The van der Waals surface area contributed by atoms with Gasteiger partial charge in [0.1, 0.15) is 4.21 Å². The minimum atomic E-state index is -3.46. The Labute approximate surface area is 196 Å². The van der Waals surface area contributed by atoms with Crippen molar-refractivity contribution in [1.29, 1.82) is 0 Å². The topological polar surface area (TPSA) is 103 Å². The van der Waals surface area contributed by atoms with Crippen molar-refractivity contribution in [2.45, 2.75) is 56.6 Å². The van der Waals surface area contributed by atoms with E-state index in [-0.39, 0.29) is 42.5 Å². The van der Waals surface area contributed by atoms with Gasteiger partial charge < -0.3 is 15.7 Å². The molecule has 29 heavy (non-hydrogen) atoms. The van der Waals surface area contributed by atoms with E-state index in [1.165, 1.54) is 30.6 Å². The highest BCUT2D eigenvalue weighted by atomic mass is 127. The van der Waals surface area contributed by atoms with Gasteiger partial charge in [-0.25, -0.2) is 13.1 Å². The van der Waals surface area contributed by atoms with Crippen molar-refractivity contribution in [1.82, 2.24) is 15.4 Å². The van der Waals surface area contributed by atoms with Crippen LogP contribution < -0.4 is 15.4 Å². The molecule has 0 atom stereocenters. The van der Waals surface area contributed by atoms with Crippen LogP contribution in [0.2, 0.25) is 0 Å². The van der Waals surface area contributed by atoms with Crippen LogP contribution in [0.15, 0.2) is 21.3 Å². The minimum absolute atomic E-state index is 0. The molecule has 1 aliphatic carbocycles. The maximum atomic E-state index is 12.3. The lowest BCUT2D eigenvalue weighted by atomic mass is 9.72. The highest BCUT2D eigenvalue weighted by molar-refractivity contribution is 14.0. The first-order chi connectivity index (χ1) is 13.4. The van der Waals surface area contributed by atoms with Gasteiger partial charge in [-0.1, -0.05) is 19.3 Å². The molecular weight excluding hydrogens is 523 g/mol. The number of guanidine groups is 1. The van der Waals surface area contributed by atoms with E-state index >= 15 is 0 Å². The summed E-state index contributed by atoms with van der Waals surface area (Å²) in [6.07, 6.45) is 6.66. The first kappa shape index (κ1) is 26.6. The predicted molar refractivity (Wildman–Crippen MR) is 131 cm³/mol. The minimum Gasteiger partial charge on any atom is -0.396 e. The summed E-state index contributed by atoms with van der Waals surface area (Å²) in [7, 11) is -3.46. The van der Waals surface area contributed by atoms with E-state index in [9.17, 15) is 13.5 Å². The van der Waals surface area contributed by atoms with Gasteiger partial charge in [0.2, 0.25) is 10.0 Å². The molecule has 1 aromatic rings. The maximum absolute atomic E-state index is 12.3. The zero-order valence-corrected chi connectivity index (χ0v) is 21.3. The fraction of sp³-hybridized carbons (Fsp3) is 0.737. The van der Waals surface area contributed by atoms with E-state index < -0.39 is 10.0 Å². The molecular formula is C19H35IN4O3S2. The molecule has 0 saturated heterocycles. The fourth-order valence-corrected chi connectivity index (χ4v) is 5.97. The summed E-state index contributed by atoms with van der Waals surface area (Å²) in [5, 5.41) is 15.9. The number of nitrogens with one attached hydrogen (secondary N) is 3. The summed E-state index contributed by atoms with van der Waals surface area (Å²) in [5.41, 5.74) is 0.0912. The Bertz CT molecular complexity index is 726. The smallest absolute Gasteiger partial charge is 0.250 e. The molecule has 7 nitrogen and oxygen atoms in total. The Morgan fingerprint density at radius 1 is 1.21 bits per heavy atom. The molecule has 0 aromatic carbocycles. The van der Waals surface area contributed by atoms with Gasteiger partial charge in [0.25, 0.3) is 0 Å². The number of aliphatic hydroxyl groups excluding tert-OH is 1. The molecule has 0 bridgehead atoms. The monoisotopic (exact) mass is 558 g/mol. The first-order valence-corrected chi connectivity index (χ1v) is 12.4. The van der Waals surface area contributed by atoms with E-state index in [0.717, 1.165) is 30.7 Å². The van der Waals surface area contributed by atoms with Gasteiger partial charge in [-0.2, -0.15) is 0 Å². The van der Waals surface area contributed by atoms with E-state index in [2.05, 4.69) is 15.4 Å². The number of nitrogens with zero attached hydrogens (tertiary/aromatic N) is 1. The molecule has 1 aromatic heterocycles. The van der Waals surface area contributed by atoms with Crippen molar-refractivity contribution in [3.63, 3.8) is 0 Å². The van der Waals surface area contributed by atoms with Crippen molar-refractivity contribution in [3.8, 4) is 0 Å². The summed E-state index contributed by atoms with van der Waals surface area (Å²) < 4.78 is 27.5. The summed E-state index contributed by atoms with van der Waals surface area (Å²) >= 11 is 1.27. The second-order valence-electron chi connectivity index (χ2n) is 7.42. The molecule has 4 N–H and O–H groups in total. The second-order valence-corrected chi connectivity index (χ2v) is 10.7. The quantitative estimate of drug-likeness (QED) is 0.153. The van der Waals surface area contributed by atoms with Crippen LogP contribution >= 0.6 is 35.3 Å². The number of aliphatic imine (C=N–C) groups is 1. The van der Waals surface area contributed by atoms with Crippen LogP contribution in [0.4, 0.5) is 0 Å². The van der Waals surface area contributed by atoms with E-state index in [4.69, 9.17) is 4.99 Å². The van der Waals surface area contributed by atoms with E-state index in [1.54, 1.807) is 12.1 Å². The standard InChI is InChI=1S/C19H34N4O3S2.HI/c1-3-20-18(22-15-19(11-14-24)9-5-4-6-10-19)21-12-13-23-28(25,26)17-8-7-16(2)27-17;/h7-8,23-24H,3-6,9-15H2,1-2H3,(H2,20,21,22);1H. The Morgan fingerprint density at radius 3 is 2.52 bits per heavy atom. The van der Waals surface area contributed by atoms with Crippen LogP contribution in [0, 0.1) is 12.3 Å². The van der Waals surface area contributed by atoms with Crippen molar-refractivity contribution >= 4 is 51.3 Å².